The summed E-state index contributed by atoms with van der Waals surface area (Å²) in [6, 6.07) is 12.1. The molecule has 0 aliphatic rings. The summed E-state index contributed by atoms with van der Waals surface area (Å²) in [7, 11) is 1.76. The lowest BCUT2D eigenvalue weighted by Crippen LogP contribution is -2.16. The Morgan fingerprint density at radius 2 is 1.81 bits per heavy atom. The molecule has 0 fully saturated rings. The predicted octanol–water partition coefficient (Wildman–Crippen LogP) is 2.09. The van der Waals surface area contributed by atoms with Gasteiger partial charge in [-0.3, -0.25) is 4.79 Å². The lowest BCUT2D eigenvalue weighted by molar-refractivity contribution is 0.892. The summed E-state index contributed by atoms with van der Waals surface area (Å²) in [5.74, 6) is 0. The molecule has 0 saturated heterocycles. The number of benzene rings is 2. The number of nitrogens with zero attached hydrogens (tertiary/aromatic N) is 2. The summed E-state index contributed by atoms with van der Waals surface area (Å²) < 4.78 is 1.62. The third-order valence-corrected chi connectivity index (χ3v) is 2.85. The van der Waals surface area contributed by atoms with Crippen LogP contribution in [0.4, 0.5) is 0 Å². The zero-order valence-corrected chi connectivity index (χ0v) is 8.84. The number of hydrogen-bond donors (Lipinski definition) is 0. The zero-order valence-electron chi connectivity index (χ0n) is 8.84. The molecule has 0 aliphatic carbocycles. The molecule has 3 rings (SSSR count). The second-order valence-electron chi connectivity index (χ2n) is 3.84. The van der Waals surface area contributed by atoms with Crippen LogP contribution in [0.1, 0.15) is 0 Å². The lowest BCUT2D eigenvalue weighted by Gasteiger charge is -2.05. The fraction of sp³-hybridized carbons (Fsp3) is 0.0769. The molecule has 16 heavy (non-hydrogen) atoms. The highest BCUT2D eigenvalue weighted by molar-refractivity contribution is 5.94. The van der Waals surface area contributed by atoms with Gasteiger partial charge in [-0.1, -0.05) is 24.3 Å². The van der Waals surface area contributed by atoms with Crippen molar-refractivity contribution in [1.82, 2.24) is 9.55 Å². The maximum atomic E-state index is 11.5. The van der Waals surface area contributed by atoms with Crippen molar-refractivity contribution >= 4 is 21.8 Å². The SMILES string of the molecule is Cn1c(=O)cnc2cc3ccccc3cc21. The van der Waals surface area contributed by atoms with Gasteiger partial charge < -0.3 is 4.57 Å². The Labute approximate surface area is 92.0 Å². The summed E-state index contributed by atoms with van der Waals surface area (Å²) in [4.78, 5) is 15.6. The molecule has 0 amide bonds. The molecule has 0 spiro atoms. The van der Waals surface area contributed by atoms with Gasteiger partial charge in [-0.15, -0.1) is 0 Å². The van der Waals surface area contributed by atoms with Gasteiger partial charge in [0.25, 0.3) is 5.56 Å². The smallest absolute Gasteiger partial charge is 0.269 e. The quantitative estimate of drug-likeness (QED) is 0.532. The Morgan fingerprint density at radius 3 is 2.56 bits per heavy atom. The van der Waals surface area contributed by atoms with E-state index in [4.69, 9.17) is 0 Å². The minimum Gasteiger partial charge on any atom is -0.309 e. The molecule has 0 atom stereocenters. The van der Waals surface area contributed by atoms with Crippen LogP contribution >= 0.6 is 0 Å². The maximum Gasteiger partial charge on any atom is 0.269 e. The van der Waals surface area contributed by atoms with Crippen molar-refractivity contribution in [2.45, 2.75) is 0 Å². The van der Waals surface area contributed by atoms with Crippen LogP contribution < -0.4 is 5.56 Å². The first-order valence-corrected chi connectivity index (χ1v) is 5.10. The topological polar surface area (TPSA) is 34.9 Å². The molecule has 0 N–H and O–H groups in total. The van der Waals surface area contributed by atoms with Crippen LogP contribution in [-0.4, -0.2) is 9.55 Å². The van der Waals surface area contributed by atoms with E-state index >= 15 is 0 Å². The molecular formula is C13H10N2O. The third kappa shape index (κ3) is 1.21. The second-order valence-corrected chi connectivity index (χ2v) is 3.84. The van der Waals surface area contributed by atoms with Gasteiger partial charge >= 0.3 is 0 Å². The molecule has 0 bridgehead atoms. The summed E-state index contributed by atoms with van der Waals surface area (Å²) in [5, 5.41) is 2.26. The molecule has 3 aromatic rings. The first-order chi connectivity index (χ1) is 7.75. The van der Waals surface area contributed by atoms with Crippen LogP contribution in [0.2, 0.25) is 0 Å². The highest BCUT2D eigenvalue weighted by atomic mass is 16.1. The fourth-order valence-corrected chi connectivity index (χ4v) is 1.92. The first-order valence-electron chi connectivity index (χ1n) is 5.10. The molecule has 0 unspecified atom stereocenters. The Balaban J connectivity index is 2.56. The Hall–Kier alpha value is -2.16. The van der Waals surface area contributed by atoms with Gasteiger partial charge in [0.2, 0.25) is 0 Å². The van der Waals surface area contributed by atoms with Crippen LogP contribution in [0, 0.1) is 0 Å². The van der Waals surface area contributed by atoms with E-state index in [0.29, 0.717) is 0 Å². The van der Waals surface area contributed by atoms with Gasteiger partial charge in [-0.2, -0.15) is 0 Å². The Bertz CT molecular complexity index is 744. The summed E-state index contributed by atoms with van der Waals surface area (Å²) in [6.07, 6.45) is 1.36. The average Bonchev–Trinajstić information content (AvgIpc) is 2.32. The second kappa shape index (κ2) is 3.17. The maximum absolute atomic E-state index is 11.5. The number of hydrogen-bond acceptors (Lipinski definition) is 2. The van der Waals surface area contributed by atoms with Gasteiger partial charge in [-0.05, 0) is 22.9 Å². The van der Waals surface area contributed by atoms with E-state index < -0.39 is 0 Å². The molecule has 3 heteroatoms. The lowest BCUT2D eigenvalue weighted by atomic mass is 10.1. The summed E-state index contributed by atoms with van der Waals surface area (Å²) in [5.41, 5.74) is 1.63. The molecule has 3 nitrogen and oxygen atoms in total. The fourth-order valence-electron chi connectivity index (χ4n) is 1.92. The van der Waals surface area contributed by atoms with Gasteiger partial charge in [0.15, 0.2) is 0 Å². The van der Waals surface area contributed by atoms with Gasteiger partial charge in [-0.25, -0.2) is 4.98 Å². The predicted molar refractivity (Wildman–Crippen MR) is 64.5 cm³/mol. The molecule has 0 radical (unpaired) electrons. The molecular weight excluding hydrogens is 200 g/mol. The molecule has 0 saturated carbocycles. The van der Waals surface area contributed by atoms with Gasteiger partial charge in [0.05, 0.1) is 17.2 Å². The molecule has 78 valence electrons. The van der Waals surface area contributed by atoms with Gasteiger partial charge in [0.1, 0.15) is 0 Å². The summed E-state index contributed by atoms with van der Waals surface area (Å²) in [6.45, 7) is 0. The molecule has 1 heterocycles. The van der Waals surface area contributed by atoms with Crippen molar-refractivity contribution in [1.29, 1.82) is 0 Å². The summed E-state index contributed by atoms with van der Waals surface area (Å²) >= 11 is 0. The minimum absolute atomic E-state index is 0.0808. The largest absolute Gasteiger partial charge is 0.309 e. The van der Waals surface area contributed by atoms with E-state index in [-0.39, 0.29) is 5.56 Å². The van der Waals surface area contributed by atoms with Crippen LogP contribution in [0.15, 0.2) is 47.4 Å². The van der Waals surface area contributed by atoms with Gasteiger partial charge in [0, 0.05) is 7.05 Å². The van der Waals surface area contributed by atoms with E-state index in [1.165, 1.54) is 6.20 Å². The van der Waals surface area contributed by atoms with Crippen molar-refractivity contribution in [2.75, 3.05) is 0 Å². The number of aromatic nitrogens is 2. The van der Waals surface area contributed by atoms with Crippen molar-refractivity contribution in [3.63, 3.8) is 0 Å². The monoisotopic (exact) mass is 210 g/mol. The first kappa shape index (κ1) is 9.09. The standard InChI is InChI=1S/C13H10N2O/c1-15-12-7-10-5-3-2-4-9(10)6-11(12)14-8-13(15)16/h2-8H,1H3. The van der Waals surface area contributed by atoms with E-state index in [1.807, 2.05) is 36.4 Å². The normalized spacial score (nSPS) is 11.1. The molecule has 1 aromatic heterocycles. The van der Waals surface area contributed by atoms with Crippen molar-refractivity contribution in [3.05, 3.63) is 52.9 Å². The molecule has 2 aromatic carbocycles. The van der Waals surface area contributed by atoms with Crippen LogP contribution in [0.3, 0.4) is 0 Å². The van der Waals surface area contributed by atoms with Crippen molar-refractivity contribution in [3.8, 4) is 0 Å². The van der Waals surface area contributed by atoms with E-state index in [2.05, 4.69) is 4.98 Å². The highest BCUT2D eigenvalue weighted by Crippen LogP contribution is 2.19. The van der Waals surface area contributed by atoms with E-state index in [1.54, 1.807) is 11.6 Å². The zero-order chi connectivity index (χ0) is 11.1. The Morgan fingerprint density at radius 1 is 1.12 bits per heavy atom. The van der Waals surface area contributed by atoms with Crippen molar-refractivity contribution in [2.24, 2.45) is 7.05 Å². The van der Waals surface area contributed by atoms with Crippen LogP contribution in [-0.2, 0) is 7.05 Å². The number of rotatable bonds is 0. The average molecular weight is 210 g/mol. The number of aryl methyl sites for hydroxylation is 1. The van der Waals surface area contributed by atoms with Crippen molar-refractivity contribution < 1.29 is 0 Å². The number of fused-ring (bicyclic) bond motifs is 2. The highest BCUT2D eigenvalue weighted by Gasteiger charge is 2.02. The Kier molecular flexibility index (Phi) is 1.80. The third-order valence-electron chi connectivity index (χ3n) is 2.85. The van der Waals surface area contributed by atoms with E-state index in [0.717, 1.165) is 21.8 Å². The van der Waals surface area contributed by atoms with Crippen LogP contribution in [0.25, 0.3) is 21.8 Å². The minimum atomic E-state index is -0.0808. The van der Waals surface area contributed by atoms with E-state index in [9.17, 15) is 4.79 Å². The molecule has 0 aliphatic heterocycles. The van der Waals surface area contributed by atoms with Crippen LogP contribution in [0.5, 0.6) is 0 Å².